The highest BCUT2D eigenvalue weighted by Gasteiger charge is 2.24. The van der Waals surface area contributed by atoms with E-state index in [0.717, 1.165) is 0 Å². The highest BCUT2D eigenvalue weighted by Crippen LogP contribution is 2.36. The maximum absolute atomic E-state index is 10.9. The van der Waals surface area contributed by atoms with Crippen molar-refractivity contribution >= 4 is 6.29 Å². The molecule has 0 saturated heterocycles. The van der Waals surface area contributed by atoms with Crippen LogP contribution in [0.5, 0.6) is 11.5 Å². The van der Waals surface area contributed by atoms with Gasteiger partial charge in [0.15, 0.2) is 17.8 Å². The number of fused-ring (bicyclic) bond motifs is 1. The van der Waals surface area contributed by atoms with E-state index in [2.05, 4.69) is 0 Å². The quantitative estimate of drug-likeness (QED) is 0.617. The molecule has 1 aromatic carbocycles. The second kappa shape index (κ2) is 4.70. The van der Waals surface area contributed by atoms with Crippen LogP contribution >= 0.6 is 0 Å². The molecule has 0 saturated carbocycles. The number of benzene rings is 1. The molecule has 0 fully saturated rings. The number of aliphatic hydroxyl groups excluding tert-OH is 2. The highest BCUT2D eigenvalue weighted by atomic mass is 16.7. The number of carbonyl (C=O) groups excluding carboxylic acids is 1. The molecule has 92 valence electrons. The molecule has 0 spiro atoms. The van der Waals surface area contributed by atoms with E-state index in [4.69, 9.17) is 15.2 Å². The molecule has 2 rings (SSSR count). The first-order chi connectivity index (χ1) is 8.17. The Balaban J connectivity index is 2.42. The molecule has 0 aromatic heterocycles. The lowest BCUT2D eigenvalue weighted by Gasteiger charge is -2.18. The summed E-state index contributed by atoms with van der Waals surface area (Å²) < 4.78 is 10.3. The number of aliphatic hydroxyl groups is 2. The van der Waals surface area contributed by atoms with Crippen LogP contribution in [0.25, 0.3) is 0 Å². The molecule has 2 unspecified atom stereocenters. The lowest BCUT2D eigenvalue weighted by atomic mass is 9.98. The second-order valence-electron chi connectivity index (χ2n) is 3.70. The van der Waals surface area contributed by atoms with Crippen molar-refractivity contribution in [2.24, 2.45) is 5.73 Å². The van der Waals surface area contributed by atoms with Crippen molar-refractivity contribution in [2.75, 3.05) is 13.3 Å². The first-order valence-electron chi connectivity index (χ1n) is 5.12. The Morgan fingerprint density at radius 2 is 2.00 bits per heavy atom. The summed E-state index contributed by atoms with van der Waals surface area (Å²) in [7, 11) is 0. The van der Waals surface area contributed by atoms with Crippen molar-refractivity contribution in [1.82, 2.24) is 0 Å². The van der Waals surface area contributed by atoms with Crippen molar-refractivity contribution in [3.63, 3.8) is 0 Å². The summed E-state index contributed by atoms with van der Waals surface area (Å²) in [5, 5.41) is 19.3. The number of rotatable bonds is 4. The van der Waals surface area contributed by atoms with Gasteiger partial charge in [0.2, 0.25) is 6.79 Å². The Labute approximate surface area is 97.6 Å². The SMILES string of the molecule is NCC(O)C(O)c1cc2c(cc1C=O)OCO2. The molecule has 2 atom stereocenters. The molecule has 6 nitrogen and oxygen atoms in total. The predicted molar refractivity (Wildman–Crippen MR) is 58.0 cm³/mol. The Morgan fingerprint density at radius 3 is 2.59 bits per heavy atom. The zero-order valence-electron chi connectivity index (χ0n) is 9.00. The van der Waals surface area contributed by atoms with Gasteiger partial charge in [-0.25, -0.2) is 0 Å². The van der Waals surface area contributed by atoms with E-state index in [1.807, 2.05) is 0 Å². The van der Waals surface area contributed by atoms with Crippen LogP contribution in [0.1, 0.15) is 22.0 Å². The summed E-state index contributed by atoms with van der Waals surface area (Å²) in [5.41, 5.74) is 5.78. The van der Waals surface area contributed by atoms with E-state index >= 15 is 0 Å². The number of nitrogens with two attached hydrogens (primary N) is 1. The summed E-state index contributed by atoms with van der Waals surface area (Å²) in [4.78, 5) is 10.9. The molecule has 0 aliphatic carbocycles. The average Bonchev–Trinajstić information content (AvgIpc) is 2.82. The Bertz CT molecular complexity index is 434. The summed E-state index contributed by atoms with van der Waals surface area (Å²) in [6.45, 7) is -0.0273. The first-order valence-corrected chi connectivity index (χ1v) is 5.12. The minimum absolute atomic E-state index is 0.0760. The summed E-state index contributed by atoms with van der Waals surface area (Å²) >= 11 is 0. The fraction of sp³-hybridized carbons (Fsp3) is 0.364. The predicted octanol–water partition coefficient (Wildman–Crippen LogP) is -0.419. The third kappa shape index (κ3) is 2.10. The number of hydrogen-bond acceptors (Lipinski definition) is 6. The van der Waals surface area contributed by atoms with Crippen LogP contribution in [0.15, 0.2) is 12.1 Å². The molecule has 0 amide bonds. The van der Waals surface area contributed by atoms with Crippen LogP contribution in [0.4, 0.5) is 0 Å². The van der Waals surface area contributed by atoms with E-state index < -0.39 is 12.2 Å². The van der Waals surface area contributed by atoms with Crippen molar-refractivity contribution < 1.29 is 24.5 Å². The Morgan fingerprint density at radius 1 is 1.35 bits per heavy atom. The number of ether oxygens (including phenoxy) is 2. The van der Waals surface area contributed by atoms with Crippen molar-refractivity contribution in [1.29, 1.82) is 0 Å². The van der Waals surface area contributed by atoms with Crippen LogP contribution in [0.2, 0.25) is 0 Å². The second-order valence-corrected chi connectivity index (χ2v) is 3.70. The fourth-order valence-electron chi connectivity index (χ4n) is 1.67. The molecule has 0 radical (unpaired) electrons. The lowest BCUT2D eigenvalue weighted by Crippen LogP contribution is -2.27. The Kier molecular flexibility index (Phi) is 3.28. The number of aldehydes is 1. The maximum atomic E-state index is 10.9. The Hall–Kier alpha value is -1.63. The standard InChI is InChI=1S/C11H13NO5/c12-3-8(14)11(15)7-2-10-9(16-5-17-10)1-6(7)4-13/h1-2,4,8,11,14-15H,3,5,12H2. The molecule has 1 aromatic rings. The summed E-state index contributed by atoms with van der Waals surface area (Å²) in [5.74, 6) is 0.888. The van der Waals surface area contributed by atoms with Gasteiger partial charge < -0.3 is 25.4 Å². The van der Waals surface area contributed by atoms with Crippen LogP contribution in [-0.4, -0.2) is 35.9 Å². The molecule has 1 aliphatic heterocycles. The molecule has 0 bridgehead atoms. The molecule has 4 N–H and O–H groups in total. The zero-order valence-corrected chi connectivity index (χ0v) is 9.00. The first kappa shape index (κ1) is 11.8. The van der Waals surface area contributed by atoms with E-state index in [0.29, 0.717) is 17.8 Å². The molecular weight excluding hydrogens is 226 g/mol. The zero-order chi connectivity index (χ0) is 12.4. The van der Waals surface area contributed by atoms with Crippen LogP contribution in [0.3, 0.4) is 0 Å². The van der Waals surface area contributed by atoms with Crippen molar-refractivity contribution in [2.45, 2.75) is 12.2 Å². The van der Waals surface area contributed by atoms with Gasteiger partial charge >= 0.3 is 0 Å². The van der Waals surface area contributed by atoms with Gasteiger partial charge in [0.05, 0.1) is 6.10 Å². The molecule has 1 aliphatic rings. The summed E-state index contributed by atoms with van der Waals surface area (Å²) in [6.07, 6.45) is -1.77. The van der Waals surface area contributed by atoms with E-state index in [9.17, 15) is 15.0 Å². The molecule has 1 heterocycles. The number of carbonyl (C=O) groups is 1. The topological polar surface area (TPSA) is 102 Å². The smallest absolute Gasteiger partial charge is 0.231 e. The van der Waals surface area contributed by atoms with E-state index in [-0.39, 0.29) is 24.5 Å². The van der Waals surface area contributed by atoms with Crippen LogP contribution < -0.4 is 15.2 Å². The highest BCUT2D eigenvalue weighted by molar-refractivity contribution is 5.79. The average molecular weight is 239 g/mol. The van der Waals surface area contributed by atoms with Gasteiger partial charge in [-0.05, 0) is 17.7 Å². The third-order valence-electron chi connectivity index (χ3n) is 2.63. The minimum atomic E-state index is -1.23. The normalized spacial score (nSPS) is 16.6. The van der Waals surface area contributed by atoms with Crippen LogP contribution in [0, 0.1) is 0 Å². The maximum Gasteiger partial charge on any atom is 0.231 e. The van der Waals surface area contributed by atoms with E-state index in [1.54, 1.807) is 0 Å². The van der Waals surface area contributed by atoms with Gasteiger partial charge in [0.1, 0.15) is 6.10 Å². The van der Waals surface area contributed by atoms with Gasteiger partial charge in [-0.1, -0.05) is 0 Å². The monoisotopic (exact) mass is 239 g/mol. The molecule has 6 heteroatoms. The lowest BCUT2D eigenvalue weighted by molar-refractivity contribution is 0.0239. The van der Waals surface area contributed by atoms with Gasteiger partial charge in [-0.15, -0.1) is 0 Å². The van der Waals surface area contributed by atoms with E-state index in [1.165, 1.54) is 12.1 Å². The minimum Gasteiger partial charge on any atom is -0.454 e. The van der Waals surface area contributed by atoms with Gasteiger partial charge in [-0.3, -0.25) is 4.79 Å². The summed E-state index contributed by atoms with van der Waals surface area (Å²) in [6, 6.07) is 2.95. The number of hydrogen-bond donors (Lipinski definition) is 3. The van der Waals surface area contributed by atoms with Crippen LogP contribution in [-0.2, 0) is 0 Å². The largest absolute Gasteiger partial charge is 0.454 e. The van der Waals surface area contributed by atoms with Crippen molar-refractivity contribution in [3.8, 4) is 11.5 Å². The van der Waals surface area contributed by atoms with Gasteiger partial charge in [0, 0.05) is 12.1 Å². The van der Waals surface area contributed by atoms with Crippen molar-refractivity contribution in [3.05, 3.63) is 23.3 Å². The molecule has 17 heavy (non-hydrogen) atoms. The van der Waals surface area contributed by atoms with Gasteiger partial charge in [-0.2, -0.15) is 0 Å². The fourth-order valence-corrected chi connectivity index (χ4v) is 1.67. The van der Waals surface area contributed by atoms with Gasteiger partial charge in [0.25, 0.3) is 0 Å². The third-order valence-corrected chi connectivity index (χ3v) is 2.63. The molecular formula is C11H13NO5.